The highest BCUT2D eigenvalue weighted by Crippen LogP contribution is 2.32. The van der Waals surface area contributed by atoms with E-state index in [1.54, 1.807) is 41.0 Å². The Kier molecular flexibility index (Phi) is 8.01. The molecule has 0 atom stereocenters. The smallest absolute Gasteiger partial charge is 0.382 e. The Hall–Kier alpha value is -3.60. The molecule has 37 heavy (non-hydrogen) atoms. The van der Waals surface area contributed by atoms with Gasteiger partial charge in [0.1, 0.15) is 10.8 Å². The van der Waals surface area contributed by atoms with Gasteiger partial charge in [-0.3, -0.25) is 4.79 Å². The van der Waals surface area contributed by atoms with Gasteiger partial charge in [-0.2, -0.15) is 18.3 Å². The largest absolute Gasteiger partial charge is 0.390 e. The topological polar surface area (TPSA) is 71.3 Å². The predicted octanol–water partition coefficient (Wildman–Crippen LogP) is 6.50. The van der Waals surface area contributed by atoms with E-state index >= 15 is 0 Å². The molecule has 0 bridgehead atoms. The molecular weight excluding hydrogens is 506 g/mol. The molecule has 0 saturated carbocycles. The molecule has 0 radical (unpaired) electrons. The molecule has 1 amide bonds. The number of aromatic nitrogens is 3. The Morgan fingerprint density at radius 3 is 2.62 bits per heavy atom. The van der Waals surface area contributed by atoms with Crippen LogP contribution in [0.1, 0.15) is 35.7 Å². The normalized spacial score (nSPS) is 11.6. The molecule has 11 heteroatoms. The lowest BCUT2D eigenvalue weighted by Gasteiger charge is -2.13. The van der Waals surface area contributed by atoms with Gasteiger partial charge in [0, 0.05) is 29.1 Å². The zero-order chi connectivity index (χ0) is 26.6. The number of hydrogen-bond donors (Lipinski definition) is 2. The molecule has 0 saturated heterocycles. The molecule has 2 aromatic carbocycles. The number of fused-ring (bicyclic) bond motifs is 1. The van der Waals surface area contributed by atoms with Gasteiger partial charge >= 0.3 is 6.18 Å². The molecule has 2 heterocycles. The van der Waals surface area contributed by atoms with Crippen molar-refractivity contribution in [3.8, 4) is 11.3 Å². The highest BCUT2D eigenvalue weighted by atomic mass is 32.2. The van der Waals surface area contributed by atoms with E-state index in [4.69, 9.17) is 0 Å². The van der Waals surface area contributed by atoms with Gasteiger partial charge in [0.25, 0.3) is 5.91 Å². The molecule has 0 aliphatic carbocycles. The Bertz CT molecular complexity index is 1420. The number of alkyl halides is 3. The van der Waals surface area contributed by atoms with Crippen LogP contribution in [0.15, 0.2) is 64.6 Å². The van der Waals surface area contributed by atoms with Crippen LogP contribution in [0.4, 0.5) is 23.2 Å². The number of carbonyl (C=O) groups excluding carboxylic acids is 1. The maximum Gasteiger partial charge on any atom is 0.390 e. The van der Waals surface area contributed by atoms with E-state index in [1.165, 1.54) is 23.9 Å². The first-order chi connectivity index (χ1) is 17.6. The second-order valence-electron chi connectivity index (χ2n) is 8.41. The first kappa shape index (κ1) is 26.5. The summed E-state index contributed by atoms with van der Waals surface area (Å²) >= 11 is 1.18. The van der Waals surface area contributed by atoms with Gasteiger partial charge in [-0.25, -0.2) is 13.9 Å². The fraction of sp³-hybridized carbons (Fsp3) is 0.269. The van der Waals surface area contributed by atoms with Crippen LogP contribution in [0.3, 0.4) is 0 Å². The molecule has 2 N–H and O–H groups in total. The summed E-state index contributed by atoms with van der Waals surface area (Å²) in [5.41, 5.74) is 3.36. The first-order valence-electron chi connectivity index (χ1n) is 11.7. The number of hydrogen-bond acceptors (Lipinski definition) is 5. The summed E-state index contributed by atoms with van der Waals surface area (Å²) in [6.45, 7) is 4.04. The molecule has 6 nitrogen and oxygen atoms in total. The fourth-order valence-electron chi connectivity index (χ4n) is 3.72. The van der Waals surface area contributed by atoms with Gasteiger partial charge < -0.3 is 10.6 Å². The average Bonchev–Trinajstić information content (AvgIpc) is 3.26. The van der Waals surface area contributed by atoms with Gasteiger partial charge in [0.05, 0.1) is 24.0 Å². The molecule has 4 aromatic rings. The van der Waals surface area contributed by atoms with Gasteiger partial charge in [-0.15, -0.1) is 0 Å². The second kappa shape index (κ2) is 11.2. The number of amides is 1. The molecule has 194 valence electrons. The Morgan fingerprint density at radius 2 is 1.92 bits per heavy atom. The van der Waals surface area contributed by atoms with Gasteiger partial charge in [-0.05, 0) is 55.3 Å². The minimum atomic E-state index is -4.31. The highest BCUT2D eigenvalue weighted by molar-refractivity contribution is 7.99. The summed E-state index contributed by atoms with van der Waals surface area (Å²) in [4.78, 5) is 17.4. The molecular formula is C26H25F4N5OS. The van der Waals surface area contributed by atoms with Crippen molar-refractivity contribution in [2.24, 2.45) is 0 Å². The number of carbonyl (C=O) groups is 1. The molecule has 0 aliphatic heterocycles. The Balaban J connectivity index is 1.73. The summed E-state index contributed by atoms with van der Waals surface area (Å²) in [6, 6.07) is 12.9. The molecule has 0 aliphatic rings. The standard InChI is InChI=1S/C26H25F4N5OS/c1-3-10-32-25(36)20-8-7-17(12-16(20)2)22-15-33-24-21(31-11-9-26(28,29)30)14-23(34-35(22)24)37-19-6-4-5-18(27)13-19/h4-8,12-15,31H,3,9-11H2,1-2H3,(H,32,36). The number of anilines is 1. The SMILES string of the molecule is CCCNC(=O)c1ccc(-c2cnc3c(NCCC(F)(F)F)cc(Sc4cccc(F)c4)nn23)cc1C. The lowest BCUT2D eigenvalue weighted by molar-refractivity contribution is -0.131. The Morgan fingerprint density at radius 1 is 1.11 bits per heavy atom. The quantitative estimate of drug-likeness (QED) is 0.241. The van der Waals surface area contributed by atoms with Crippen LogP contribution in [-0.4, -0.2) is 39.8 Å². The number of halogens is 4. The van der Waals surface area contributed by atoms with Crippen molar-refractivity contribution >= 4 is 29.0 Å². The van der Waals surface area contributed by atoms with Crippen molar-refractivity contribution in [2.45, 2.75) is 42.8 Å². The van der Waals surface area contributed by atoms with Crippen molar-refractivity contribution in [1.29, 1.82) is 0 Å². The molecule has 0 spiro atoms. The summed E-state index contributed by atoms with van der Waals surface area (Å²) < 4.78 is 53.5. The second-order valence-corrected chi connectivity index (χ2v) is 9.51. The van der Waals surface area contributed by atoms with E-state index < -0.39 is 18.4 Å². The summed E-state index contributed by atoms with van der Waals surface area (Å²) in [7, 11) is 0. The van der Waals surface area contributed by atoms with Crippen LogP contribution in [0.5, 0.6) is 0 Å². The lowest BCUT2D eigenvalue weighted by atomic mass is 10.0. The van der Waals surface area contributed by atoms with Crippen LogP contribution in [0, 0.1) is 12.7 Å². The summed E-state index contributed by atoms with van der Waals surface area (Å²) in [5, 5.41) is 10.8. The van der Waals surface area contributed by atoms with Crippen molar-refractivity contribution in [3.63, 3.8) is 0 Å². The predicted molar refractivity (Wildman–Crippen MR) is 135 cm³/mol. The van der Waals surface area contributed by atoms with Crippen molar-refractivity contribution in [3.05, 3.63) is 71.7 Å². The van der Waals surface area contributed by atoms with Gasteiger partial charge in [0.15, 0.2) is 5.65 Å². The number of imidazole rings is 1. The average molecular weight is 532 g/mol. The van der Waals surface area contributed by atoms with Crippen molar-refractivity contribution < 1.29 is 22.4 Å². The Labute approximate surface area is 215 Å². The third kappa shape index (κ3) is 6.59. The monoisotopic (exact) mass is 531 g/mol. The van der Waals surface area contributed by atoms with E-state index in [0.717, 1.165) is 17.5 Å². The van der Waals surface area contributed by atoms with E-state index in [-0.39, 0.29) is 12.5 Å². The number of benzene rings is 2. The zero-order valence-corrected chi connectivity index (χ0v) is 21.0. The highest BCUT2D eigenvalue weighted by Gasteiger charge is 2.26. The maximum atomic E-state index is 13.7. The fourth-order valence-corrected chi connectivity index (χ4v) is 4.58. The molecule has 0 unspecified atom stereocenters. The summed E-state index contributed by atoms with van der Waals surface area (Å²) in [5.74, 6) is -0.566. The van der Waals surface area contributed by atoms with Crippen LogP contribution < -0.4 is 10.6 Å². The van der Waals surface area contributed by atoms with E-state index in [9.17, 15) is 22.4 Å². The number of nitrogens with zero attached hydrogens (tertiary/aromatic N) is 3. The van der Waals surface area contributed by atoms with Crippen LogP contribution in [0.25, 0.3) is 16.9 Å². The van der Waals surface area contributed by atoms with Crippen molar-refractivity contribution in [2.75, 3.05) is 18.4 Å². The summed E-state index contributed by atoms with van der Waals surface area (Å²) in [6.07, 6.45) is -2.91. The van der Waals surface area contributed by atoms with E-state index in [2.05, 4.69) is 20.7 Å². The molecule has 2 aromatic heterocycles. The lowest BCUT2D eigenvalue weighted by Crippen LogP contribution is -2.24. The third-order valence-corrected chi connectivity index (χ3v) is 6.39. The van der Waals surface area contributed by atoms with Crippen LogP contribution in [-0.2, 0) is 0 Å². The van der Waals surface area contributed by atoms with Crippen molar-refractivity contribution in [1.82, 2.24) is 19.9 Å². The van der Waals surface area contributed by atoms with Gasteiger partial charge in [-0.1, -0.05) is 30.8 Å². The van der Waals surface area contributed by atoms with E-state index in [0.29, 0.717) is 39.1 Å². The minimum absolute atomic E-state index is 0.160. The van der Waals surface area contributed by atoms with Gasteiger partial charge in [0.2, 0.25) is 0 Å². The van der Waals surface area contributed by atoms with Crippen LogP contribution in [0.2, 0.25) is 0 Å². The number of aryl methyl sites for hydroxylation is 1. The number of nitrogens with one attached hydrogen (secondary N) is 2. The third-order valence-electron chi connectivity index (χ3n) is 5.49. The number of rotatable bonds is 9. The molecule has 4 rings (SSSR count). The maximum absolute atomic E-state index is 13.7. The first-order valence-corrected chi connectivity index (χ1v) is 12.5. The van der Waals surface area contributed by atoms with Crippen LogP contribution >= 0.6 is 11.8 Å². The molecule has 0 fully saturated rings. The minimum Gasteiger partial charge on any atom is -0.382 e. The zero-order valence-electron chi connectivity index (χ0n) is 20.2. The van der Waals surface area contributed by atoms with E-state index in [1.807, 2.05) is 19.9 Å².